The zero-order chi connectivity index (χ0) is 23.3. The van der Waals surface area contributed by atoms with Crippen LogP contribution in [0.5, 0.6) is 5.75 Å². The van der Waals surface area contributed by atoms with Gasteiger partial charge in [0.25, 0.3) is 0 Å². The maximum absolute atomic E-state index is 13.8. The zero-order valence-corrected chi connectivity index (χ0v) is 19.0. The number of halogens is 1. The van der Waals surface area contributed by atoms with Crippen molar-refractivity contribution in [3.05, 3.63) is 94.5 Å². The first-order valence-corrected chi connectivity index (χ1v) is 11.2. The second-order valence-electron chi connectivity index (χ2n) is 8.36. The first-order valence-electron chi connectivity index (χ1n) is 10.8. The number of hydrogen-bond donors (Lipinski definition) is 0. The Kier molecular flexibility index (Phi) is 5.09. The van der Waals surface area contributed by atoms with Gasteiger partial charge in [0.2, 0.25) is 5.91 Å². The Labute approximate surface area is 196 Å². The van der Waals surface area contributed by atoms with E-state index in [0.717, 1.165) is 0 Å². The number of anilines is 1. The number of carbonyl (C=O) groups excluding carboxylic acids is 3. The van der Waals surface area contributed by atoms with E-state index in [1.807, 2.05) is 13.0 Å². The minimum atomic E-state index is -1.25. The van der Waals surface area contributed by atoms with Crippen LogP contribution in [-0.4, -0.2) is 31.1 Å². The number of hydrogen-bond acceptors (Lipinski definition) is 4. The SMILES string of the molecule is CCN1C(=O)[C@@]2(c3cc(Cl)ccc31)[C@@H](C(=O)c1ccccc1)[C@@H]2C(=O)c1ccc(OC)cc1. The molecule has 166 valence electrons. The highest BCUT2D eigenvalue weighted by molar-refractivity contribution is 6.31. The van der Waals surface area contributed by atoms with Gasteiger partial charge in [0.15, 0.2) is 11.6 Å². The van der Waals surface area contributed by atoms with Crippen molar-refractivity contribution < 1.29 is 19.1 Å². The third kappa shape index (κ3) is 3.03. The number of likely N-dealkylation sites (N-methyl/N-ethyl adjacent to an activating group) is 1. The molecule has 5 rings (SSSR count). The Bertz CT molecular complexity index is 1270. The van der Waals surface area contributed by atoms with Gasteiger partial charge in [-0.3, -0.25) is 14.4 Å². The topological polar surface area (TPSA) is 63.7 Å². The summed E-state index contributed by atoms with van der Waals surface area (Å²) in [5.41, 5.74) is 1.04. The van der Waals surface area contributed by atoms with Crippen molar-refractivity contribution in [2.45, 2.75) is 12.3 Å². The fraction of sp³-hybridized carbons (Fsp3) is 0.222. The molecule has 0 radical (unpaired) electrons. The van der Waals surface area contributed by atoms with E-state index in [1.54, 1.807) is 78.7 Å². The maximum atomic E-state index is 13.8. The number of nitrogens with zero attached hydrogens (tertiary/aromatic N) is 1. The van der Waals surface area contributed by atoms with Crippen LogP contribution in [0, 0.1) is 11.8 Å². The van der Waals surface area contributed by atoms with E-state index in [1.165, 1.54) is 0 Å². The van der Waals surface area contributed by atoms with Crippen molar-refractivity contribution in [3.63, 3.8) is 0 Å². The summed E-state index contributed by atoms with van der Waals surface area (Å²) in [7, 11) is 1.55. The molecule has 1 amide bonds. The highest BCUT2D eigenvalue weighted by Gasteiger charge is 2.79. The van der Waals surface area contributed by atoms with Crippen LogP contribution >= 0.6 is 11.6 Å². The summed E-state index contributed by atoms with van der Waals surface area (Å²) in [5, 5.41) is 0.465. The summed E-state index contributed by atoms with van der Waals surface area (Å²) in [6.07, 6.45) is 0. The van der Waals surface area contributed by atoms with Crippen LogP contribution in [-0.2, 0) is 10.2 Å². The number of Topliss-reactive ketones (excluding diaryl/α,β-unsaturated/α-hetero) is 2. The van der Waals surface area contributed by atoms with E-state index in [9.17, 15) is 14.4 Å². The Morgan fingerprint density at radius 1 is 0.939 bits per heavy atom. The molecule has 0 saturated heterocycles. The Morgan fingerprint density at radius 2 is 1.55 bits per heavy atom. The van der Waals surface area contributed by atoms with Crippen LogP contribution < -0.4 is 9.64 Å². The number of methoxy groups -OCH3 is 1. The molecular weight excluding hydrogens is 438 g/mol. The third-order valence-corrected chi connectivity index (χ3v) is 7.05. The maximum Gasteiger partial charge on any atom is 0.239 e. The summed E-state index contributed by atoms with van der Waals surface area (Å²) in [4.78, 5) is 42.9. The first-order chi connectivity index (χ1) is 15.9. The quantitative estimate of drug-likeness (QED) is 0.488. The summed E-state index contributed by atoms with van der Waals surface area (Å²) in [5.74, 6) is -1.64. The molecule has 1 heterocycles. The van der Waals surface area contributed by atoms with Crippen LogP contribution in [0.15, 0.2) is 72.8 Å². The molecule has 0 unspecified atom stereocenters. The molecule has 1 saturated carbocycles. The fourth-order valence-electron chi connectivity index (χ4n) is 5.26. The molecule has 3 aromatic rings. The average Bonchev–Trinajstić information content (AvgIpc) is 3.49. The second-order valence-corrected chi connectivity index (χ2v) is 8.79. The van der Waals surface area contributed by atoms with Gasteiger partial charge in [0, 0.05) is 28.4 Å². The predicted octanol–water partition coefficient (Wildman–Crippen LogP) is 4.96. The number of fused-ring (bicyclic) bond motifs is 2. The zero-order valence-electron chi connectivity index (χ0n) is 18.2. The molecule has 1 spiro atoms. The van der Waals surface area contributed by atoms with Crippen molar-refractivity contribution in [3.8, 4) is 5.75 Å². The minimum absolute atomic E-state index is 0.209. The van der Waals surface area contributed by atoms with E-state index in [0.29, 0.717) is 39.7 Å². The predicted molar refractivity (Wildman–Crippen MR) is 126 cm³/mol. The van der Waals surface area contributed by atoms with Crippen molar-refractivity contribution in [2.75, 3.05) is 18.6 Å². The summed E-state index contributed by atoms with van der Waals surface area (Å²) in [6.45, 7) is 2.32. The monoisotopic (exact) mass is 459 g/mol. The lowest BCUT2D eigenvalue weighted by Gasteiger charge is -2.15. The molecule has 6 heteroatoms. The highest BCUT2D eigenvalue weighted by atomic mass is 35.5. The van der Waals surface area contributed by atoms with E-state index >= 15 is 0 Å². The van der Waals surface area contributed by atoms with Gasteiger partial charge in [0.1, 0.15) is 5.75 Å². The molecule has 0 bridgehead atoms. The van der Waals surface area contributed by atoms with Gasteiger partial charge in [-0.1, -0.05) is 41.9 Å². The normalized spacial score (nSPS) is 22.9. The van der Waals surface area contributed by atoms with Gasteiger partial charge < -0.3 is 9.64 Å². The van der Waals surface area contributed by atoms with Gasteiger partial charge in [-0.05, 0) is 55.0 Å². The lowest BCUT2D eigenvalue weighted by molar-refractivity contribution is -0.120. The van der Waals surface area contributed by atoms with E-state index in [4.69, 9.17) is 16.3 Å². The summed E-state index contributed by atoms with van der Waals surface area (Å²) < 4.78 is 5.20. The Hall–Kier alpha value is -3.44. The van der Waals surface area contributed by atoms with Crippen LogP contribution in [0.25, 0.3) is 0 Å². The molecule has 1 fully saturated rings. The Balaban J connectivity index is 1.66. The summed E-state index contributed by atoms with van der Waals surface area (Å²) >= 11 is 6.33. The molecule has 1 aliphatic carbocycles. The lowest BCUT2D eigenvalue weighted by Crippen LogP contribution is -2.35. The molecule has 3 aromatic carbocycles. The molecule has 33 heavy (non-hydrogen) atoms. The van der Waals surface area contributed by atoms with Crippen LogP contribution in [0.1, 0.15) is 33.2 Å². The highest BCUT2D eigenvalue weighted by Crippen LogP contribution is 2.68. The molecule has 3 atom stereocenters. The van der Waals surface area contributed by atoms with Gasteiger partial charge in [-0.2, -0.15) is 0 Å². The van der Waals surface area contributed by atoms with Crippen molar-refractivity contribution >= 4 is 34.8 Å². The fourth-order valence-corrected chi connectivity index (χ4v) is 5.43. The minimum Gasteiger partial charge on any atom is -0.497 e. The lowest BCUT2D eigenvalue weighted by atomic mass is 9.90. The van der Waals surface area contributed by atoms with Crippen LogP contribution in [0.3, 0.4) is 0 Å². The average molecular weight is 460 g/mol. The molecule has 0 N–H and O–H groups in total. The smallest absolute Gasteiger partial charge is 0.239 e. The molecule has 2 aliphatic rings. The van der Waals surface area contributed by atoms with Crippen LogP contribution in [0.4, 0.5) is 5.69 Å². The van der Waals surface area contributed by atoms with Crippen molar-refractivity contribution in [1.29, 1.82) is 0 Å². The summed E-state index contributed by atoms with van der Waals surface area (Å²) in [6, 6.07) is 20.8. The van der Waals surface area contributed by atoms with Gasteiger partial charge in [-0.25, -0.2) is 0 Å². The molecular formula is C27H22ClNO4. The van der Waals surface area contributed by atoms with Crippen molar-refractivity contribution in [2.24, 2.45) is 11.8 Å². The van der Waals surface area contributed by atoms with Gasteiger partial charge in [-0.15, -0.1) is 0 Å². The number of rotatable bonds is 6. The van der Waals surface area contributed by atoms with Crippen LogP contribution in [0.2, 0.25) is 5.02 Å². The first kappa shape index (κ1) is 21.4. The molecule has 0 aromatic heterocycles. The largest absolute Gasteiger partial charge is 0.497 e. The third-order valence-electron chi connectivity index (χ3n) is 6.81. The number of ketones is 2. The number of ether oxygens (including phenoxy) is 1. The van der Waals surface area contributed by atoms with Gasteiger partial charge in [0.05, 0.1) is 24.4 Å². The van der Waals surface area contributed by atoms with Crippen molar-refractivity contribution in [1.82, 2.24) is 0 Å². The standard InChI is InChI=1S/C27H22ClNO4/c1-3-29-21-14-11-18(28)15-20(21)27(26(29)32)22(24(30)16-7-5-4-6-8-16)23(27)25(31)17-9-12-19(33-2)13-10-17/h4-15,22-23H,3H2,1-2H3/t22-,23-,27+/m1/s1. The Morgan fingerprint density at radius 3 is 2.12 bits per heavy atom. The van der Waals surface area contributed by atoms with E-state index < -0.39 is 17.3 Å². The van der Waals surface area contributed by atoms with E-state index in [2.05, 4.69) is 0 Å². The number of benzene rings is 3. The van der Waals surface area contributed by atoms with Gasteiger partial charge >= 0.3 is 0 Å². The van der Waals surface area contributed by atoms with E-state index in [-0.39, 0.29) is 17.5 Å². The number of carbonyl (C=O) groups is 3. The molecule has 1 aliphatic heterocycles. The second kappa shape index (κ2) is 7.85. The molecule has 5 nitrogen and oxygen atoms in total. The number of amides is 1.